The van der Waals surface area contributed by atoms with E-state index in [0.717, 1.165) is 19.2 Å². The van der Waals surface area contributed by atoms with Gasteiger partial charge in [0.25, 0.3) is 0 Å². The second-order valence-electron chi connectivity index (χ2n) is 3.38. The number of phenolic OH excluding ortho intramolecular Hbond substituents is 2. The lowest BCUT2D eigenvalue weighted by molar-refractivity contribution is -0.131. The van der Waals surface area contributed by atoms with Crippen molar-refractivity contribution in [3.63, 3.8) is 0 Å². The van der Waals surface area contributed by atoms with E-state index >= 15 is 0 Å². The van der Waals surface area contributed by atoms with Crippen LogP contribution < -0.4 is 5.32 Å². The molecular formula is C13H19NO4. The molecule has 0 heterocycles. The van der Waals surface area contributed by atoms with E-state index in [-0.39, 0.29) is 11.5 Å². The summed E-state index contributed by atoms with van der Waals surface area (Å²) < 4.78 is 0. The third kappa shape index (κ3) is 7.29. The Morgan fingerprint density at radius 1 is 1.22 bits per heavy atom. The number of aromatic hydroxyl groups is 2. The third-order valence-electron chi connectivity index (χ3n) is 1.92. The Kier molecular flexibility index (Phi) is 8.05. The number of hydrogen-bond acceptors (Lipinski definition) is 4. The first-order valence-electron chi connectivity index (χ1n) is 5.64. The number of benzene rings is 1. The SMILES string of the molecule is CCNCC.O=C(O)/C=C/c1ccc(O)c(O)c1. The lowest BCUT2D eigenvalue weighted by atomic mass is 10.2. The number of rotatable bonds is 4. The number of carbonyl (C=O) groups is 1. The van der Waals surface area contributed by atoms with Gasteiger partial charge in [-0.2, -0.15) is 0 Å². The van der Waals surface area contributed by atoms with Crippen molar-refractivity contribution in [1.82, 2.24) is 5.32 Å². The van der Waals surface area contributed by atoms with Crippen LogP contribution in [0.4, 0.5) is 0 Å². The number of hydrogen-bond donors (Lipinski definition) is 4. The van der Waals surface area contributed by atoms with Gasteiger partial charge >= 0.3 is 5.97 Å². The molecule has 0 aliphatic rings. The Hall–Kier alpha value is -2.01. The maximum absolute atomic E-state index is 10.1. The van der Waals surface area contributed by atoms with Crippen molar-refractivity contribution < 1.29 is 20.1 Å². The summed E-state index contributed by atoms with van der Waals surface area (Å²) in [7, 11) is 0. The van der Waals surface area contributed by atoms with Gasteiger partial charge in [-0.15, -0.1) is 0 Å². The zero-order valence-corrected chi connectivity index (χ0v) is 10.6. The smallest absolute Gasteiger partial charge is 0.328 e. The molecule has 0 unspecified atom stereocenters. The summed E-state index contributed by atoms with van der Waals surface area (Å²) in [4.78, 5) is 10.1. The van der Waals surface area contributed by atoms with E-state index in [1.165, 1.54) is 24.3 Å². The monoisotopic (exact) mass is 253 g/mol. The Morgan fingerprint density at radius 2 is 1.83 bits per heavy atom. The lowest BCUT2D eigenvalue weighted by Crippen LogP contribution is -2.09. The highest BCUT2D eigenvalue weighted by molar-refractivity contribution is 5.85. The van der Waals surface area contributed by atoms with Crippen molar-refractivity contribution in [1.29, 1.82) is 0 Å². The fraction of sp³-hybridized carbons (Fsp3) is 0.308. The molecule has 5 heteroatoms. The first kappa shape index (κ1) is 16.0. The topological polar surface area (TPSA) is 89.8 Å². The molecule has 0 spiro atoms. The van der Waals surface area contributed by atoms with E-state index in [1.807, 2.05) is 0 Å². The molecule has 4 N–H and O–H groups in total. The highest BCUT2D eigenvalue weighted by Gasteiger charge is 1.97. The molecular weight excluding hydrogens is 234 g/mol. The maximum atomic E-state index is 10.1. The van der Waals surface area contributed by atoms with Gasteiger partial charge in [0.05, 0.1) is 0 Å². The highest BCUT2D eigenvalue weighted by atomic mass is 16.4. The molecule has 1 aromatic carbocycles. The Bertz CT molecular complexity index is 400. The van der Waals surface area contributed by atoms with Crippen LogP contribution in [0, 0.1) is 0 Å². The summed E-state index contributed by atoms with van der Waals surface area (Å²) in [6.07, 6.45) is 2.27. The van der Waals surface area contributed by atoms with Crippen LogP contribution in [-0.4, -0.2) is 34.4 Å². The Labute approximate surface area is 106 Å². The third-order valence-corrected chi connectivity index (χ3v) is 1.92. The van der Waals surface area contributed by atoms with Crippen LogP contribution in [-0.2, 0) is 4.79 Å². The van der Waals surface area contributed by atoms with Crippen molar-refractivity contribution in [3.8, 4) is 11.5 Å². The average molecular weight is 253 g/mol. The predicted molar refractivity (Wildman–Crippen MR) is 70.7 cm³/mol. The van der Waals surface area contributed by atoms with Crippen molar-refractivity contribution in [2.45, 2.75) is 13.8 Å². The fourth-order valence-electron chi connectivity index (χ4n) is 1.06. The van der Waals surface area contributed by atoms with E-state index in [0.29, 0.717) is 5.56 Å². The van der Waals surface area contributed by atoms with Crippen molar-refractivity contribution in [2.75, 3.05) is 13.1 Å². The van der Waals surface area contributed by atoms with E-state index in [1.54, 1.807) is 0 Å². The number of carboxylic acid groups (broad SMARTS) is 1. The van der Waals surface area contributed by atoms with Gasteiger partial charge < -0.3 is 20.6 Å². The standard InChI is InChI=1S/C9H8O4.C4H11N/c10-7-3-1-6(5-8(7)11)2-4-9(12)13;1-3-5-4-2/h1-5,10-11H,(H,12,13);5H,3-4H2,1-2H3/b4-2+;. The average Bonchev–Trinajstić information content (AvgIpc) is 2.32. The molecule has 1 rings (SSSR count). The van der Waals surface area contributed by atoms with Gasteiger partial charge in [0, 0.05) is 6.08 Å². The summed E-state index contributed by atoms with van der Waals surface area (Å²) >= 11 is 0. The van der Waals surface area contributed by atoms with Gasteiger partial charge in [-0.3, -0.25) is 0 Å². The minimum atomic E-state index is -1.06. The van der Waals surface area contributed by atoms with Gasteiger partial charge in [0.1, 0.15) is 0 Å². The van der Waals surface area contributed by atoms with Gasteiger partial charge in [-0.25, -0.2) is 4.79 Å². The van der Waals surface area contributed by atoms with E-state index < -0.39 is 5.97 Å². The number of phenols is 2. The summed E-state index contributed by atoms with van der Waals surface area (Å²) in [5.41, 5.74) is 0.512. The summed E-state index contributed by atoms with van der Waals surface area (Å²) in [5.74, 6) is -1.56. The van der Waals surface area contributed by atoms with E-state index in [4.69, 9.17) is 15.3 Å². The quantitative estimate of drug-likeness (QED) is 0.485. The fourth-order valence-corrected chi connectivity index (χ4v) is 1.06. The first-order chi connectivity index (χ1) is 8.51. The van der Waals surface area contributed by atoms with E-state index in [9.17, 15) is 4.79 Å². The molecule has 0 atom stereocenters. The van der Waals surface area contributed by atoms with Gasteiger partial charge in [-0.1, -0.05) is 19.9 Å². The van der Waals surface area contributed by atoms with Crippen molar-refractivity contribution >= 4 is 12.0 Å². The molecule has 0 aromatic heterocycles. The number of nitrogens with one attached hydrogen (secondary N) is 1. The second kappa shape index (κ2) is 9.07. The Morgan fingerprint density at radius 3 is 2.22 bits per heavy atom. The Balaban J connectivity index is 0.000000494. The van der Waals surface area contributed by atoms with Crippen LogP contribution in [0.1, 0.15) is 19.4 Å². The molecule has 0 saturated carbocycles. The van der Waals surface area contributed by atoms with Crippen molar-refractivity contribution in [2.24, 2.45) is 0 Å². The zero-order valence-electron chi connectivity index (χ0n) is 10.6. The van der Waals surface area contributed by atoms with Crippen LogP contribution in [0.25, 0.3) is 6.08 Å². The number of aliphatic carboxylic acids is 1. The molecule has 0 saturated heterocycles. The van der Waals surface area contributed by atoms with Crippen LogP contribution in [0.2, 0.25) is 0 Å². The number of carboxylic acids is 1. The largest absolute Gasteiger partial charge is 0.504 e. The minimum absolute atomic E-state index is 0.229. The van der Waals surface area contributed by atoms with Crippen LogP contribution >= 0.6 is 0 Å². The predicted octanol–water partition coefficient (Wildman–Crippen LogP) is 1.81. The molecule has 0 amide bonds. The zero-order chi connectivity index (χ0) is 14.0. The summed E-state index contributed by atoms with van der Waals surface area (Å²) in [6.45, 7) is 6.39. The van der Waals surface area contributed by atoms with E-state index in [2.05, 4.69) is 19.2 Å². The molecule has 5 nitrogen and oxygen atoms in total. The summed E-state index contributed by atoms with van der Waals surface area (Å²) in [5, 5.41) is 29.4. The molecule has 1 aromatic rings. The van der Waals surface area contributed by atoms with Crippen molar-refractivity contribution in [3.05, 3.63) is 29.8 Å². The lowest BCUT2D eigenvalue weighted by Gasteiger charge is -1.97. The maximum Gasteiger partial charge on any atom is 0.328 e. The summed E-state index contributed by atoms with van der Waals surface area (Å²) in [6, 6.07) is 4.06. The molecule has 0 fully saturated rings. The molecule has 18 heavy (non-hydrogen) atoms. The van der Waals surface area contributed by atoms with Crippen LogP contribution in [0.5, 0.6) is 11.5 Å². The van der Waals surface area contributed by atoms with Gasteiger partial charge in [0.15, 0.2) is 11.5 Å². The van der Waals surface area contributed by atoms with Gasteiger partial charge in [-0.05, 0) is 36.9 Å². The molecule has 0 aliphatic heterocycles. The molecule has 0 bridgehead atoms. The highest BCUT2D eigenvalue weighted by Crippen LogP contribution is 2.25. The molecule has 0 aliphatic carbocycles. The van der Waals surface area contributed by atoms with Crippen LogP contribution in [0.15, 0.2) is 24.3 Å². The first-order valence-corrected chi connectivity index (χ1v) is 5.64. The van der Waals surface area contributed by atoms with Gasteiger partial charge in [0.2, 0.25) is 0 Å². The second-order valence-corrected chi connectivity index (χ2v) is 3.38. The minimum Gasteiger partial charge on any atom is -0.504 e. The molecule has 100 valence electrons. The van der Waals surface area contributed by atoms with Crippen LogP contribution in [0.3, 0.4) is 0 Å². The normalized spacial score (nSPS) is 9.89. The molecule has 0 radical (unpaired) electrons.